The highest BCUT2D eigenvalue weighted by molar-refractivity contribution is 6.06. The third-order valence-corrected chi connectivity index (χ3v) is 2.58. The van der Waals surface area contributed by atoms with Gasteiger partial charge in [0.25, 0.3) is 0 Å². The zero-order valence-corrected chi connectivity index (χ0v) is 11.4. The monoisotopic (exact) mass is 248 g/mol. The molecule has 4 heteroatoms. The molecule has 0 saturated carbocycles. The van der Waals surface area contributed by atoms with Gasteiger partial charge in [-0.3, -0.25) is 0 Å². The fourth-order valence-corrected chi connectivity index (χ4v) is 1.58. The van der Waals surface area contributed by atoms with E-state index in [0.29, 0.717) is 12.3 Å². The minimum Gasteiger partial charge on any atom is -0.399 e. The lowest BCUT2D eigenvalue weighted by atomic mass is 9.99. The lowest BCUT2D eigenvalue weighted by molar-refractivity contribution is 0.212. The third kappa shape index (κ3) is 4.20. The highest BCUT2D eigenvalue weighted by Crippen LogP contribution is 2.15. The van der Waals surface area contributed by atoms with Crippen LogP contribution in [0, 0.1) is 0 Å². The maximum absolute atomic E-state index is 4.85. The van der Waals surface area contributed by atoms with Crippen molar-refractivity contribution in [2.75, 3.05) is 14.2 Å². The van der Waals surface area contributed by atoms with E-state index in [2.05, 4.69) is 41.1 Å². The number of benzene rings is 1. The lowest BCUT2D eigenvalue weighted by Crippen LogP contribution is -2.03. The molecule has 4 nitrogen and oxygen atoms in total. The SMILES string of the molecule is CO/N=C/C/C(=N\OC)c1ccc(C(C)C)cc1. The summed E-state index contributed by atoms with van der Waals surface area (Å²) in [4.78, 5) is 9.48. The van der Waals surface area contributed by atoms with Gasteiger partial charge in [0, 0.05) is 12.6 Å². The van der Waals surface area contributed by atoms with Crippen molar-refractivity contribution in [1.82, 2.24) is 0 Å². The molecule has 1 rings (SSSR count). The Bertz CT molecular complexity index is 408. The summed E-state index contributed by atoms with van der Waals surface area (Å²) in [5.41, 5.74) is 3.17. The van der Waals surface area contributed by atoms with Crippen molar-refractivity contribution in [1.29, 1.82) is 0 Å². The molecule has 1 aromatic rings. The van der Waals surface area contributed by atoms with Crippen molar-refractivity contribution in [3.05, 3.63) is 35.4 Å². The van der Waals surface area contributed by atoms with Gasteiger partial charge >= 0.3 is 0 Å². The lowest BCUT2D eigenvalue weighted by Gasteiger charge is -2.07. The predicted molar refractivity (Wildman–Crippen MR) is 74.2 cm³/mol. The molecule has 0 N–H and O–H groups in total. The van der Waals surface area contributed by atoms with E-state index in [1.807, 2.05) is 12.1 Å². The molecule has 0 heterocycles. The van der Waals surface area contributed by atoms with E-state index in [-0.39, 0.29) is 0 Å². The van der Waals surface area contributed by atoms with Gasteiger partial charge in [0.05, 0.1) is 5.71 Å². The third-order valence-electron chi connectivity index (χ3n) is 2.58. The van der Waals surface area contributed by atoms with Gasteiger partial charge in [-0.05, 0) is 17.0 Å². The van der Waals surface area contributed by atoms with Crippen LogP contribution < -0.4 is 0 Å². The average molecular weight is 248 g/mol. The molecular formula is C14H20N2O2. The Balaban J connectivity index is 2.86. The molecule has 1 aromatic carbocycles. The average Bonchev–Trinajstić information content (AvgIpc) is 2.38. The maximum Gasteiger partial charge on any atom is 0.106 e. The highest BCUT2D eigenvalue weighted by Gasteiger charge is 2.05. The van der Waals surface area contributed by atoms with Gasteiger partial charge in [-0.2, -0.15) is 0 Å². The number of rotatable bonds is 6. The van der Waals surface area contributed by atoms with E-state index in [9.17, 15) is 0 Å². The molecule has 0 aliphatic carbocycles. The van der Waals surface area contributed by atoms with Gasteiger partial charge in [0.15, 0.2) is 0 Å². The molecule has 0 atom stereocenters. The summed E-state index contributed by atoms with van der Waals surface area (Å²) in [5, 5.41) is 7.71. The second kappa shape index (κ2) is 7.48. The largest absolute Gasteiger partial charge is 0.399 e. The van der Waals surface area contributed by atoms with E-state index in [4.69, 9.17) is 4.84 Å². The summed E-state index contributed by atoms with van der Waals surface area (Å²) in [6, 6.07) is 8.32. The van der Waals surface area contributed by atoms with E-state index in [0.717, 1.165) is 11.3 Å². The molecule has 0 aliphatic heterocycles. The molecule has 0 bridgehead atoms. The smallest absolute Gasteiger partial charge is 0.106 e. The topological polar surface area (TPSA) is 43.2 Å². The van der Waals surface area contributed by atoms with Crippen LogP contribution in [0.5, 0.6) is 0 Å². The fraction of sp³-hybridized carbons (Fsp3) is 0.429. The van der Waals surface area contributed by atoms with Crippen molar-refractivity contribution in [3.63, 3.8) is 0 Å². The fourth-order valence-electron chi connectivity index (χ4n) is 1.58. The van der Waals surface area contributed by atoms with Crippen LogP contribution >= 0.6 is 0 Å². The van der Waals surface area contributed by atoms with Crippen LogP contribution in [0.1, 0.15) is 37.3 Å². The van der Waals surface area contributed by atoms with Crippen LogP contribution in [-0.2, 0) is 9.68 Å². The number of hydrogen-bond donors (Lipinski definition) is 0. The standard InChI is InChI=1S/C14H20N2O2/c1-11(2)12-5-7-13(8-6-12)14(16-18-4)9-10-15-17-3/h5-8,10-11H,9H2,1-4H3/b15-10+,16-14+. The molecule has 18 heavy (non-hydrogen) atoms. The molecule has 0 saturated heterocycles. The van der Waals surface area contributed by atoms with E-state index < -0.39 is 0 Å². The Morgan fingerprint density at radius 2 is 1.83 bits per heavy atom. The maximum atomic E-state index is 4.85. The summed E-state index contributed by atoms with van der Waals surface area (Å²) in [7, 11) is 3.05. The van der Waals surface area contributed by atoms with Crippen LogP contribution in [0.3, 0.4) is 0 Å². The molecule has 0 spiro atoms. The Morgan fingerprint density at radius 3 is 2.33 bits per heavy atom. The van der Waals surface area contributed by atoms with E-state index >= 15 is 0 Å². The van der Waals surface area contributed by atoms with Crippen molar-refractivity contribution >= 4 is 11.9 Å². The summed E-state index contributed by atoms with van der Waals surface area (Å²) >= 11 is 0. The van der Waals surface area contributed by atoms with Gasteiger partial charge in [0.2, 0.25) is 0 Å². The summed E-state index contributed by atoms with van der Waals surface area (Å²) < 4.78 is 0. The first kappa shape index (κ1) is 14.2. The summed E-state index contributed by atoms with van der Waals surface area (Å²) in [6.45, 7) is 4.34. The van der Waals surface area contributed by atoms with Crippen molar-refractivity contribution in [2.24, 2.45) is 10.3 Å². The molecule has 0 aliphatic rings. The number of nitrogens with zero attached hydrogens (tertiary/aromatic N) is 2. The Morgan fingerprint density at radius 1 is 1.17 bits per heavy atom. The second-order valence-electron chi connectivity index (χ2n) is 4.17. The molecule has 0 radical (unpaired) electrons. The van der Waals surface area contributed by atoms with Crippen molar-refractivity contribution in [2.45, 2.75) is 26.2 Å². The second-order valence-corrected chi connectivity index (χ2v) is 4.17. The van der Waals surface area contributed by atoms with E-state index in [1.165, 1.54) is 19.8 Å². The van der Waals surface area contributed by atoms with Gasteiger partial charge in [-0.15, -0.1) is 0 Å². The zero-order chi connectivity index (χ0) is 13.4. The van der Waals surface area contributed by atoms with Crippen molar-refractivity contribution < 1.29 is 9.68 Å². The first-order valence-electron chi connectivity index (χ1n) is 5.94. The van der Waals surface area contributed by atoms with Crippen LogP contribution in [0.25, 0.3) is 0 Å². The van der Waals surface area contributed by atoms with E-state index in [1.54, 1.807) is 6.21 Å². The first-order valence-corrected chi connectivity index (χ1v) is 5.94. The zero-order valence-electron chi connectivity index (χ0n) is 11.4. The molecule has 98 valence electrons. The molecular weight excluding hydrogens is 228 g/mol. The van der Waals surface area contributed by atoms with Gasteiger partial charge in [0.1, 0.15) is 14.2 Å². The predicted octanol–water partition coefficient (Wildman–Crippen LogP) is 3.18. The Hall–Kier alpha value is -1.84. The van der Waals surface area contributed by atoms with Crippen LogP contribution in [0.15, 0.2) is 34.6 Å². The first-order chi connectivity index (χ1) is 8.69. The number of hydrogen-bond acceptors (Lipinski definition) is 4. The Labute approximate surface area is 108 Å². The molecule has 0 fully saturated rings. The van der Waals surface area contributed by atoms with Crippen molar-refractivity contribution in [3.8, 4) is 0 Å². The number of oxime groups is 2. The Kier molecular flexibility index (Phi) is 5.91. The summed E-state index contributed by atoms with van der Waals surface area (Å²) in [6.07, 6.45) is 2.23. The highest BCUT2D eigenvalue weighted by atomic mass is 16.6. The minimum atomic E-state index is 0.525. The molecule has 0 aromatic heterocycles. The molecule has 0 amide bonds. The molecule has 0 unspecified atom stereocenters. The summed E-state index contributed by atoms with van der Waals surface area (Å²) in [5.74, 6) is 0.525. The van der Waals surface area contributed by atoms with Crippen LogP contribution in [-0.4, -0.2) is 26.1 Å². The normalized spacial score (nSPS) is 12.2. The van der Waals surface area contributed by atoms with Crippen LogP contribution in [0.2, 0.25) is 0 Å². The van der Waals surface area contributed by atoms with Gasteiger partial charge in [-0.25, -0.2) is 0 Å². The van der Waals surface area contributed by atoms with Gasteiger partial charge < -0.3 is 9.68 Å². The van der Waals surface area contributed by atoms with Crippen LogP contribution in [0.4, 0.5) is 0 Å². The van der Waals surface area contributed by atoms with Gasteiger partial charge in [-0.1, -0.05) is 48.4 Å². The quantitative estimate of drug-likeness (QED) is 0.573. The minimum absolute atomic E-state index is 0.525.